The van der Waals surface area contributed by atoms with Crippen LogP contribution in [0.1, 0.15) is 60.9 Å². The smallest absolute Gasteiger partial charge is 0.418 e. The lowest BCUT2D eigenvalue weighted by Gasteiger charge is -2.06. The number of alkyl halides is 6. The number of carboxylic acids is 1. The number of fused-ring (bicyclic) bond motifs is 2. The molecule has 6 rings (SSSR count). The van der Waals surface area contributed by atoms with Gasteiger partial charge in [0.2, 0.25) is 0 Å². The number of thiophene rings is 2. The number of hydrogen-bond acceptors (Lipinski definition) is 9. The Morgan fingerprint density at radius 3 is 1.64 bits per heavy atom. The Hall–Kier alpha value is -5.66. The monoisotopic (exact) mass is 782 g/mol. The molecule has 0 saturated carbocycles. The van der Waals surface area contributed by atoms with E-state index in [1.165, 1.54) is 10.9 Å². The molecule has 0 aliphatic rings. The Bertz CT molecular complexity index is 2250. The third-order valence-electron chi connectivity index (χ3n) is 7.28. The van der Waals surface area contributed by atoms with Crippen LogP contribution >= 0.6 is 22.7 Å². The Labute approximate surface area is 303 Å². The van der Waals surface area contributed by atoms with E-state index in [4.69, 9.17) is 10.8 Å². The van der Waals surface area contributed by atoms with Crippen molar-refractivity contribution >= 4 is 68.3 Å². The van der Waals surface area contributed by atoms with Crippen molar-refractivity contribution in [2.75, 3.05) is 14.2 Å². The van der Waals surface area contributed by atoms with Crippen molar-refractivity contribution in [3.63, 3.8) is 0 Å². The molecule has 0 unspecified atom stereocenters. The fraction of sp³-hybridized carbons (Fsp3) is 0.176. The minimum absolute atomic E-state index is 0.140. The molecule has 280 valence electrons. The van der Waals surface area contributed by atoms with Crippen LogP contribution in [0.2, 0.25) is 0 Å². The number of carbonyl (C=O) groups excluding carboxylic acids is 3. The van der Waals surface area contributed by atoms with Crippen LogP contribution in [0.25, 0.3) is 21.8 Å². The molecule has 4 heterocycles. The molecule has 6 N–H and O–H groups in total. The number of amides is 1. The van der Waals surface area contributed by atoms with E-state index in [0.717, 1.165) is 36.2 Å². The van der Waals surface area contributed by atoms with Crippen LogP contribution in [-0.4, -0.2) is 53.1 Å². The average Bonchev–Trinajstić information content (AvgIpc) is 3.94. The second kappa shape index (κ2) is 16.8. The highest BCUT2D eigenvalue weighted by atomic mass is 32.1. The van der Waals surface area contributed by atoms with E-state index in [-0.39, 0.29) is 22.8 Å². The Morgan fingerprint density at radius 2 is 1.19 bits per heavy atom. The summed E-state index contributed by atoms with van der Waals surface area (Å²) in [4.78, 5) is 49.3. The van der Waals surface area contributed by atoms with Crippen LogP contribution in [-0.2, 0) is 34.9 Å². The number of carboxylic acid groups (broad SMARTS) is 1. The summed E-state index contributed by atoms with van der Waals surface area (Å²) < 4.78 is 85.0. The number of hydrogen-bond donors (Lipinski definition) is 5. The van der Waals surface area contributed by atoms with Gasteiger partial charge in [-0.15, -0.1) is 22.7 Å². The Kier molecular flexibility index (Phi) is 12.7. The van der Waals surface area contributed by atoms with Gasteiger partial charge in [-0.2, -0.15) is 26.3 Å². The molecule has 0 saturated heterocycles. The zero-order valence-corrected chi connectivity index (χ0v) is 29.0. The fourth-order valence-corrected chi connectivity index (χ4v) is 6.75. The molecule has 53 heavy (non-hydrogen) atoms. The van der Waals surface area contributed by atoms with Crippen LogP contribution < -0.4 is 11.1 Å². The number of aromatic amines is 2. The van der Waals surface area contributed by atoms with E-state index in [2.05, 4.69) is 43.0 Å². The Morgan fingerprint density at radius 1 is 0.736 bits per heavy atom. The highest BCUT2D eigenvalue weighted by Gasteiger charge is 2.39. The predicted molar refractivity (Wildman–Crippen MR) is 184 cm³/mol. The first kappa shape index (κ1) is 40.1. The van der Waals surface area contributed by atoms with Crippen molar-refractivity contribution in [2.24, 2.45) is 5.73 Å². The summed E-state index contributed by atoms with van der Waals surface area (Å²) in [5, 5.41) is 13.3. The third kappa shape index (κ3) is 9.62. The number of halogens is 6. The van der Waals surface area contributed by atoms with Crippen LogP contribution in [0.3, 0.4) is 0 Å². The molecule has 0 aliphatic carbocycles. The average molecular weight is 783 g/mol. The number of aromatic nitrogens is 2. The first-order chi connectivity index (χ1) is 25.0. The zero-order valence-electron chi connectivity index (χ0n) is 27.4. The van der Waals surface area contributed by atoms with Gasteiger partial charge in [0.05, 0.1) is 30.2 Å². The second-order valence-corrected chi connectivity index (χ2v) is 12.7. The van der Waals surface area contributed by atoms with E-state index in [1.54, 1.807) is 6.20 Å². The van der Waals surface area contributed by atoms with E-state index in [9.17, 15) is 45.5 Å². The zero-order chi connectivity index (χ0) is 39.1. The molecule has 11 nitrogen and oxygen atoms in total. The molecule has 1 amide bonds. The largest absolute Gasteiger partial charge is 0.477 e. The van der Waals surface area contributed by atoms with Gasteiger partial charge in [0.25, 0.3) is 5.91 Å². The number of nitrogens with one attached hydrogen (secondary N) is 3. The van der Waals surface area contributed by atoms with E-state index >= 15 is 0 Å². The third-order valence-corrected chi connectivity index (χ3v) is 9.50. The first-order valence-electron chi connectivity index (χ1n) is 14.9. The van der Waals surface area contributed by atoms with E-state index < -0.39 is 61.9 Å². The van der Waals surface area contributed by atoms with Gasteiger partial charge in [0.1, 0.15) is 14.6 Å². The van der Waals surface area contributed by atoms with Crippen LogP contribution in [0.15, 0.2) is 73.1 Å². The Balaban J connectivity index is 0.000000197. The van der Waals surface area contributed by atoms with Crippen molar-refractivity contribution in [3.05, 3.63) is 115 Å². The number of esters is 2. The summed E-state index contributed by atoms with van der Waals surface area (Å²) in [7, 11) is 1.90. The summed E-state index contributed by atoms with van der Waals surface area (Å²) in [6.45, 7) is 0.746. The quantitative estimate of drug-likeness (QED) is 0.0804. The number of methoxy groups -OCH3 is 2. The molecule has 0 spiro atoms. The minimum atomic E-state index is -4.78. The van der Waals surface area contributed by atoms with Crippen molar-refractivity contribution < 1.29 is 60.1 Å². The second-order valence-electron chi connectivity index (χ2n) is 10.6. The van der Waals surface area contributed by atoms with Crippen LogP contribution in [0.4, 0.5) is 26.3 Å². The maximum absolute atomic E-state index is 13.1. The summed E-state index contributed by atoms with van der Waals surface area (Å²) in [5.74, 6) is -4.54. The summed E-state index contributed by atoms with van der Waals surface area (Å²) in [6, 6.07) is 16.6. The van der Waals surface area contributed by atoms with Gasteiger partial charge in [0, 0.05) is 47.3 Å². The van der Waals surface area contributed by atoms with Crippen molar-refractivity contribution in [2.45, 2.75) is 25.4 Å². The highest BCUT2D eigenvalue weighted by Crippen LogP contribution is 2.38. The summed E-state index contributed by atoms with van der Waals surface area (Å²) in [6.07, 6.45) is -5.85. The molecule has 0 bridgehead atoms. The normalized spacial score (nSPS) is 11.3. The number of rotatable bonds is 7. The predicted octanol–water partition coefficient (Wildman–Crippen LogP) is 7.84. The van der Waals surface area contributed by atoms with Gasteiger partial charge in [-0.25, -0.2) is 14.4 Å². The van der Waals surface area contributed by atoms with Gasteiger partial charge in [-0.3, -0.25) is 4.79 Å². The molecule has 0 radical (unpaired) electrons. The van der Waals surface area contributed by atoms with E-state index in [1.807, 2.05) is 36.5 Å². The molecule has 0 aliphatic heterocycles. The van der Waals surface area contributed by atoms with Gasteiger partial charge in [-0.05, 0) is 47.5 Å². The maximum Gasteiger partial charge on any atom is 0.418 e. The number of carbonyl (C=O) groups is 4. The molecule has 4 aromatic heterocycles. The molecular weight excluding hydrogens is 755 g/mol. The molecule has 2 aromatic carbocycles. The van der Waals surface area contributed by atoms with Crippen molar-refractivity contribution in [1.82, 2.24) is 15.3 Å². The summed E-state index contributed by atoms with van der Waals surface area (Å²) >= 11 is 0.688. The van der Waals surface area contributed by atoms with Gasteiger partial charge < -0.3 is 35.6 Å². The number of H-pyrrole nitrogens is 2. The fourth-order valence-electron chi connectivity index (χ4n) is 4.80. The first-order valence-corrected chi connectivity index (χ1v) is 16.5. The number of aromatic carboxylic acids is 1. The van der Waals surface area contributed by atoms with Gasteiger partial charge >= 0.3 is 30.3 Å². The molecule has 19 heteroatoms. The van der Waals surface area contributed by atoms with Crippen molar-refractivity contribution in [3.8, 4) is 0 Å². The highest BCUT2D eigenvalue weighted by molar-refractivity contribution is 7.16. The van der Waals surface area contributed by atoms with Crippen LogP contribution in [0, 0.1) is 0 Å². The lowest BCUT2D eigenvalue weighted by Crippen LogP contribution is -2.22. The minimum Gasteiger partial charge on any atom is -0.477 e. The lowest BCUT2D eigenvalue weighted by atomic mass is 10.1. The van der Waals surface area contributed by atoms with Crippen molar-refractivity contribution in [1.29, 1.82) is 0 Å². The molecule has 6 aromatic rings. The van der Waals surface area contributed by atoms with E-state index in [0.29, 0.717) is 30.0 Å². The number of benzene rings is 2. The topological polar surface area (TPSA) is 177 Å². The standard InChI is InChI=1S/C17H13F3N2O3S.C9H10N2.C8H5F3O4S/c1-25-16(24)14-11(17(18,19)20)7-13(26-14)15(23)22-8-9-3-2-4-12-10(9)5-6-21-12;10-6-7-2-1-3-9-8(7)4-5-11-9;1-15-7(14)5-3(8(9,10)11)2-4(16-5)6(12)13/h2-7,21H,8H2,1H3,(H,22,23);1-5,11H,6,10H2;2H,1H3,(H,12,13). The lowest BCUT2D eigenvalue weighted by molar-refractivity contribution is -0.138. The van der Waals surface area contributed by atoms with Gasteiger partial charge in [-0.1, -0.05) is 24.3 Å². The SMILES string of the molecule is COC(=O)c1sc(C(=O)NCc2cccc3[nH]ccc23)cc1C(F)(F)F.COC(=O)c1sc(C(=O)O)cc1C(F)(F)F.NCc1cccc2[nH]ccc12. The van der Waals surface area contributed by atoms with Gasteiger partial charge in [0.15, 0.2) is 0 Å². The molecule has 0 atom stereocenters. The van der Waals surface area contributed by atoms with Crippen LogP contribution in [0.5, 0.6) is 0 Å². The molecule has 0 fully saturated rings. The molecular formula is C34H28F6N4O7S2. The number of ether oxygens (including phenoxy) is 2. The summed E-state index contributed by atoms with van der Waals surface area (Å²) in [5.41, 5.74) is 7.16. The number of nitrogens with two attached hydrogens (primary N) is 1. The maximum atomic E-state index is 13.1.